The molecule has 0 unspecified atom stereocenters. The largest absolute Gasteiger partial charge is 0.366 e. The predicted molar refractivity (Wildman–Crippen MR) is 112 cm³/mol. The van der Waals surface area contributed by atoms with Crippen molar-refractivity contribution in [3.63, 3.8) is 0 Å². The molecule has 0 spiro atoms. The molecule has 1 aliphatic heterocycles. The highest BCUT2D eigenvalue weighted by atomic mass is 16.6. The minimum atomic E-state index is -0.446. The zero-order valence-corrected chi connectivity index (χ0v) is 16.3. The molecule has 0 radical (unpaired) electrons. The van der Waals surface area contributed by atoms with E-state index < -0.39 is 10.8 Å². The summed E-state index contributed by atoms with van der Waals surface area (Å²) >= 11 is 0. The van der Waals surface area contributed by atoms with Gasteiger partial charge >= 0.3 is 0 Å². The van der Waals surface area contributed by atoms with Crippen molar-refractivity contribution in [1.82, 2.24) is 0 Å². The normalized spacial score (nSPS) is 13.2. The van der Waals surface area contributed by atoms with Crippen LogP contribution in [0.2, 0.25) is 0 Å². The number of anilines is 3. The number of benzene rings is 2. The van der Waals surface area contributed by atoms with E-state index in [1.54, 1.807) is 36.4 Å². The second-order valence-corrected chi connectivity index (χ2v) is 6.98. The molecule has 8 heteroatoms. The van der Waals surface area contributed by atoms with Gasteiger partial charge in [0.25, 0.3) is 11.6 Å². The summed E-state index contributed by atoms with van der Waals surface area (Å²) in [6.45, 7) is 3.50. The number of nitro benzene ring substituents is 1. The minimum Gasteiger partial charge on any atom is -0.366 e. The minimum absolute atomic E-state index is 0.0605. The van der Waals surface area contributed by atoms with Gasteiger partial charge in [-0.15, -0.1) is 0 Å². The van der Waals surface area contributed by atoms with Crippen LogP contribution in [0.4, 0.5) is 22.7 Å². The van der Waals surface area contributed by atoms with Gasteiger partial charge in [0.15, 0.2) is 0 Å². The smallest absolute Gasteiger partial charge is 0.293 e. The highest BCUT2D eigenvalue weighted by Crippen LogP contribution is 2.32. The van der Waals surface area contributed by atoms with Crippen molar-refractivity contribution < 1.29 is 14.5 Å². The maximum absolute atomic E-state index is 12.6. The van der Waals surface area contributed by atoms with Crippen LogP contribution >= 0.6 is 0 Å². The summed E-state index contributed by atoms with van der Waals surface area (Å²) in [6, 6.07) is 11.3. The van der Waals surface area contributed by atoms with Crippen molar-refractivity contribution in [2.75, 3.05) is 28.6 Å². The molecule has 0 aliphatic carbocycles. The molecule has 8 nitrogen and oxygen atoms in total. The monoisotopic (exact) mass is 396 g/mol. The van der Waals surface area contributed by atoms with Crippen LogP contribution in [0.5, 0.6) is 0 Å². The van der Waals surface area contributed by atoms with Crippen molar-refractivity contribution in [2.24, 2.45) is 0 Å². The molecule has 2 aromatic carbocycles. The molecule has 0 saturated carbocycles. The Kier molecular flexibility index (Phi) is 6.43. The Hall–Kier alpha value is -3.42. The van der Waals surface area contributed by atoms with Crippen LogP contribution in [0.3, 0.4) is 0 Å². The molecule has 0 bridgehead atoms. The Bertz CT molecular complexity index is 905. The van der Waals surface area contributed by atoms with E-state index in [4.69, 9.17) is 0 Å². The lowest BCUT2D eigenvalue weighted by molar-refractivity contribution is -0.384. The van der Waals surface area contributed by atoms with Crippen LogP contribution in [-0.4, -0.2) is 29.8 Å². The van der Waals surface area contributed by atoms with E-state index in [-0.39, 0.29) is 17.2 Å². The lowest BCUT2D eigenvalue weighted by Crippen LogP contribution is -2.19. The van der Waals surface area contributed by atoms with Crippen LogP contribution in [0.1, 0.15) is 43.0 Å². The Labute approximate surface area is 169 Å². The van der Waals surface area contributed by atoms with Crippen molar-refractivity contribution in [1.29, 1.82) is 0 Å². The van der Waals surface area contributed by atoms with Crippen LogP contribution < -0.4 is 15.5 Å². The highest BCUT2D eigenvalue weighted by molar-refractivity contribution is 6.05. The summed E-state index contributed by atoms with van der Waals surface area (Å²) in [6.07, 6.45) is 3.23. The number of carbonyl (C=O) groups excluding carboxylic acids is 2. The molecule has 1 heterocycles. The molecule has 3 rings (SSSR count). The molecule has 0 aromatic heterocycles. The third-order valence-corrected chi connectivity index (χ3v) is 4.78. The van der Waals surface area contributed by atoms with E-state index in [2.05, 4.69) is 10.6 Å². The van der Waals surface area contributed by atoms with E-state index in [9.17, 15) is 19.7 Å². The molecule has 1 fully saturated rings. The van der Waals surface area contributed by atoms with Gasteiger partial charge in [-0.3, -0.25) is 19.7 Å². The number of hydrogen-bond donors (Lipinski definition) is 2. The fourth-order valence-electron chi connectivity index (χ4n) is 3.33. The van der Waals surface area contributed by atoms with Gasteiger partial charge in [0.1, 0.15) is 5.69 Å². The fraction of sp³-hybridized carbons (Fsp3) is 0.333. The Morgan fingerprint density at radius 3 is 2.24 bits per heavy atom. The number of hydrogen-bond acceptors (Lipinski definition) is 5. The molecule has 0 atom stereocenters. The average molecular weight is 396 g/mol. The number of nitro groups is 1. The second-order valence-electron chi connectivity index (χ2n) is 6.98. The first-order valence-corrected chi connectivity index (χ1v) is 9.72. The zero-order valence-electron chi connectivity index (χ0n) is 16.3. The molecule has 2 aromatic rings. The molecule has 1 saturated heterocycles. The summed E-state index contributed by atoms with van der Waals surface area (Å²) in [5.74, 6) is -0.487. The third kappa shape index (κ3) is 5.10. The Morgan fingerprint density at radius 1 is 1.03 bits per heavy atom. The Balaban J connectivity index is 1.71. The zero-order chi connectivity index (χ0) is 20.8. The van der Waals surface area contributed by atoms with Gasteiger partial charge in [-0.1, -0.05) is 6.92 Å². The maximum atomic E-state index is 12.6. The third-order valence-electron chi connectivity index (χ3n) is 4.78. The predicted octanol–water partition coefficient (Wildman–Crippen LogP) is 4.19. The average Bonchev–Trinajstić information content (AvgIpc) is 3.24. The van der Waals surface area contributed by atoms with Gasteiger partial charge < -0.3 is 15.5 Å². The summed E-state index contributed by atoms with van der Waals surface area (Å²) in [7, 11) is 0. The van der Waals surface area contributed by atoms with E-state index in [0.29, 0.717) is 23.5 Å². The summed E-state index contributed by atoms with van der Waals surface area (Å²) in [4.78, 5) is 37.2. The van der Waals surface area contributed by atoms with Crippen LogP contribution in [0.25, 0.3) is 0 Å². The molecule has 152 valence electrons. The summed E-state index contributed by atoms with van der Waals surface area (Å²) in [5.41, 5.74) is 1.89. The summed E-state index contributed by atoms with van der Waals surface area (Å²) < 4.78 is 0. The van der Waals surface area contributed by atoms with Crippen molar-refractivity contribution >= 4 is 34.6 Å². The second kappa shape index (κ2) is 9.18. The van der Waals surface area contributed by atoms with E-state index >= 15 is 0 Å². The standard InChI is InChI=1S/C21H24N4O4/c1-2-5-20(26)22-16-7-9-17(10-8-16)23-21(27)15-6-11-18(19(14-15)25(28)29)24-12-3-4-13-24/h6-11,14H,2-5,12-13H2,1H3,(H,22,26)(H,23,27). The Morgan fingerprint density at radius 2 is 1.66 bits per heavy atom. The van der Waals surface area contributed by atoms with Gasteiger partial charge in [0.2, 0.25) is 5.91 Å². The van der Waals surface area contributed by atoms with Gasteiger partial charge in [-0.2, -0.15) is 0 Å². The SMILES string of the molecule is CCCC(=O)Nc1ccc(NC(=O)c2ccc(N3CCCC3)c([N+](=O)[O-])c2)cc1. The highest BCUT2D eigenvalue weighted by Gasteiger charge is 2.23. The topological polar surface area (TPSA) is 105 Å². The summed E-state index contributed by atoms with van der Waals surface area (Å²) in [5, 5.41) is 17.0. The fourth-order valence-corrected chi connectivity index (χ4v) is 3.33. The van der Waals surface area contributed by atoms with Crippen LogP contribution in [-0.2, 0) is 4.79 Å². The lowest BCUT2D eigenvalue weighted by atomic mass is 10.1. The van der Waals surface area contributed by atoms with Gasteiger partial charge in [0, 0.05) is 42.5 Å². The molecule has 1 aliphatic rings. The van der Waals surface area contributed by atoms with Gasteiger partial charge in [0.05, 0.1) is 4.92 Å². The maximum Gasteiger partial charge on any atom is 0.293 e. The molecule has 29 heavy (non-hydrogen) atoms. The number of nitrogens with one attached hydrogen (secondary N) is 2. The van der Waals surface area contributed by atoms with E-state index in [0.717, 1.165) is 32.4 Å². The number of carbonyl (C=O) groups is 2. The number of nitrogens with zero attached hydrogens (tertiary/aromatic N) is 2. The first kappa shape index (κ1) is 20.3. The van der Waals surface area contributed by atoms with E-state index in [1.165, 1.54) is 6.07 Å². The van der Waals surface area contributed by atoms with Crippen molar-refractivity contribution in [3.8, 4) is 0 Å². The van der Waals surface area contributed by atoms with Crippen LogP contribution in [0, 0.1) is 10.1 Å². The lowest BCUT2D eigenvalue weighted by Gasteiger charge is -2.17. The molecule has 2 amide bonds. The molecular formula is C21H24N4O4. The van der Waals surface area contributed by atoms with Crippen molar-refractivity contribution in [2.45, 2.75) is 32.6 Å². The first-order chi connectivity index (χ1) is 14.0. The van der Waals surface area contributed by atoms with E-state index in [1.807, 2.05) is 11.8 Å². The molecular weight excluding hydrogens is 372 g/mol. The van der Waals surface area contributed by atoms with Gasteiger partial charge in [-0.25, -0.2) is 0 Å². The molecule has 2 N–H and O–H groups in total. The number of amides is 2. The van der Waals surface area contributed by atoms with Crippen molar-refractivity contribution in [3.05, 3.63) is 58.1 Å². The van der Waals surface area contributed by atoms with Crippen LogP contribution in [0.15, 0.2) is 42.5 Å². The number of rotatable bonds is 7. The first-order valence-electron chi connectivity index (χ1n) is 9.72. The quantitative estimate of drug-likeness (QED) is 0.539. The van der Waals surface area contributed by atoms with Gasteiger partial charge in [-0.05, 0) is 55.7 Å².